The van der Waals surface area contributed by atoms with Gasteiger partial charge >= 0.3 is 0 Å². The fraction of sp³-hybridized carbons (Fsp3) is 0.889. The summed E-state index contributed by atoms with van der Waals surface area (Å²) in [6.07, 6.45) is 0.481. The van der Waals surface area contributed by atoms with Crippen LogP contribution in [0, 0.1) is 22.2 Å². The minimum atomic E-state index is -2.97. The van der Waals surface area contributed by atoms with Crippen LogP contribution in [0.1, 0.15) is 27.2 Å². The first kappa shape index (κ1) is 10.5. The number of sulfone groups is 1. The average Bonchev–Trinajstić information content (AvgIpc) is 2.26. The average molecular weight is 201 g/mol. The van der Waals surface area contributed by atoms with Crippen LogP contribution in [0.4, 0.5) is 0 Å². The molecule has 0 amide bonds. The fourth-order valence-corrected chi connectivity index (χ4v) is 3.89. The van der Waals surface area contributed by atoms with Crippen molar-refractivity contribution < 1.29 is 8.42 Å². The predicted octanol–water partition coefficient (Wildman–Crippen LogP) is 1.36. The van der Waals surface area contributed by atoms with Crippen molar-refractivity contribution in [1.82, 2.24) is 0 Å². The number of hydrogen-bond acceptors (Lipinski definition) is 3. The lowest BCUT2D eigenvalue weighted by molar-refractivity contribution is 0.186. The first-order chi connectivity index (χ1) is 5.72. The van der Waals surface area contributed by atoms with E-state index in [0.717, 1.165) is 0 Å². The summed E-state index contributed by atoms with van der Waals surface area (Å²) in [5.41, 5.74) is -0.933. The van der Waals surface area contributed by atoms with E-state index >= 15 is 0 Å². The highest BCUT2D eigenvalue weighted by molar-refractivity contribution is 7.91. The SMILES string of the molecule is CC(C)(C)C1(C#N)CCS(=O)(=O)C1. The molecule has 0 aliphatic carbocycles. The summed E-state index contributed by atoms with van der Waals surface area (Å²) in [5, 5.41) is 9.07. The monoisotopic (exact) mass is 201 g/mol. The van der Waals surface area contributed by atoms with Crippen LogP contribution in [0.25, 0.3) is 0 Å². The van der Waals surface area contributed by atoms with E-state index < -0.39 is 15.3 Å². The van der Waals surface area contributed by atoms with Crippen LogP contribution in [0.2, 0.25) is 0 Å². The van der Waals surface area contributed by atoms with Crippen LogP contribution in [-0.4, -0.2) is 19.9 Å². The Kier molecular flexibility index (Phi) is 2.20. The lowest BCUT2D eigenvalue weighted by atomic mass is 9.67. The van der Waals surface area contributed by atoms with Crippen molar-refractivity contribution in [2.75, 3.05) is 11.5 Å². The molecule has 1 aliphatic rings. The number of hydrogen-bond donors (Lipinski definition) is 0. The minimum absolute atomic E-state index is 0.0278. The Hall–Kier alpha value is -0.560. The molecule has 0 aromatic heterocycles. The molecule has 13 heavy (non-hydrogen) atoms. The maximum atomic E-state index is 11.3. The molecule has 1 fully saturated rings. The molecule has 3 nitrogen and oxygen atoms in total. The smallest absolute Gasteiger partial charge is 0.151 e. The highest BCUT2D eigenvalue weighted by atomic mass is 32.2. The molecule has 0 spiro atoms. The molecule has 74 valence electrons. The van der Waals surface area contributed by atoms with E-state index in [-0.39, 0.29) is 16.9 Å². The van der Waals surface area contributed by atoms with Crippen molar-refractivity contribution in [3.05, 3.63) is 0 Å². The van der Waals surface area contributed by atoms with E-state index in [2.05, 4.69) is 6.07 Å². The second kappa shape index (κ2) is 2.71. The molecule has 0 aromatic rings. The standard InChI is InChI=1S/C9H15NO2S/c1-8(2,3)9(6-10)4-5-13(11,12)7-9/h4-5,7H2,1-3H3. The summed E-state index contributed by atoms with van der Waals surface area (Å²) in [5.74, 6) is 0.192. The van der Waals surface area contributed by atoms with Gasteiger partial charge in [-0.2, -0.15) is 5.26 Å². The molecular formula is C9H15NO2S. The lowest BCUT2D eigenvalue weighted by Gasteiger charge is -2.34. The Morgan fingerprint density at radius 1 is 1.38 bits per heavy atom. The van der Waals surface area contributed by atoms with Gasteiger partial charge in [-0.05, 0) is 11.8 Å². The quantitative estimate of drug-likeness (QED) is 0.594. The van der Waals surface area contributed by atoms with Crippen LogP contribution in [-0.2, 0) is 9.84 Å². The van der Waals surface area contributed by atoms with E-state index in [1.54, 1.807) is 0 Å². The third-order valence-electron chi connectivity index (χ3n) is 2.96. The van der Waals surface area contributed by atoms with Crippen LogP contribution >= 0.6 is 0 Å². The van der Waals surface area contributed by atoms with Crippen LogP contribution in [0.15, 0.2) is 0 Å². The third-order valence-corrected chi connectivity index (χ3v) is 4.71. The van der Waals surface area contributed by atoms with Gasteiger partial charge in [-0.25, -0.2) is 8.42 Å². The highest BCUT2D eigenvalue weighted by Crippen LogP contribution is 2.46. The van der Waals surface area contributed by atoms with E-state index in [1.807, 2.05) is 20.8 Å². The van der Waals surface area contributed by atoms with Crippen molar-refractivity contribution >= 4 is 9.84 Å². The summed E-state index contributed by atoms with van der Waals surface area (Å²) >= 11 is 0. The van der Waals surface area contributed by atoms with Crippen molar-refractivity contribution in [3.8, 4) is 6.07 Å². The van der Waals surface area contributed by atoms with Crippen LogP contribution < -0.4 is 0 Å². The zero-order valence-electron chi connectivity index (χ0n) is 8.29. The molecule has 0 radical (unpaired) electrons. The molecule has 1 aliphatic heterocycles. The van der Waals surface area contributed by atoms with Crippen LogP contribution in [0.5, 0.6) is 0 Å². The normalized spacial score (nSPS) is 32.8. The summed E-state index contributed by atoms with van der Waals surface area (Å²) in [4.78, 5) is 0. The van der Waals surface area contributed by atoms with E-state index in [1.165, 1.54) is 0 Å². The fourth-order valence-electron chi connectivity index (χ4n) is 1.70. The predicted molar refractivity (Wildman–Crippen MR) is 50.8 cm³/mol. The molecule has 4 heteroatoms. The summed E-state index contributed by atoms with van der Waals surface area (Å²) in [6.45, 7) is 5.78. The van der Waals surface area contributed by atoms with Gasteiger partial charge in [-0.3, -0.25) is 0 Å². The summed E-state index contributed by atoms with van der Waals surface area (Å²) in [6, 6.07) is 2.19. The van der Waals surface area contributed by atoms with E-state index in [0.29, 0.717) is 6.42 Å². The number of nitriles is 1. The topological polar surface area (TPSA) is 57.9 Å². The Morgan fingerprint density at radius 3 is 2.08 bits per heavy atom. The molecule has 1 rings (SSSR count). The molecule has 1 saturated heterocycles. The Labute approximate surface area is 79.7 Å². The van der Waals surface area contributed by atoms with E-state index in [9.17, 15) is 8.42 Å². The van der Waals surface area contributed by atoms with Crippen LogP contribution in [0.3, 0.4) is 0 Å². The summed E-state index contributed by atoms with van der Waals surface area (Å²) < 4.78 is 22.6. The second-order valence-electron chi connectivity index (χ2n) is 4.79. The molecule has 1 unspecified atom stereocenters. The second-order valence-corrected chi connectivity index (χ2v) is 6.97. The van der Waals surface area contributed by atoms with Gasteiger partial charge in [0.15, 0.2) is 9.84 Å². The number of nitrogens with zero attached hydrogens (tertiary/aromatic N) is 1. The molecule has 0 aromatic carbocycles. The molecule has 1 atom stereocenters. The largest absolute Gasteiger partial charge is 0.229 e. The number of rotatable bonds is 0. The van der Waals surface area contributed by atoms with Gasteiger partial charge in [0.05, 0.1) is 23.0 Å². The summed E-state index contributed by atoms with van der Waals surface area (Å²) in [7, 11) is -2.97. The van der Waals surface area contributed by atoms with Gasteiger partial charge in [-0.15, -0.1) is 0 Å². The Bertz CT molecular complexity index is 345. The molecule has 0 saturated carbocycles. The van der Waals surface area contributed by atoms with E-state index in [4.69, 9.17) is 5.26 Å². The van der Waals surface area contributed by atoms with Crippen molar-refractivity contribution in [2.45, 2.75) is 27.2 Å². The maximum Gasteiger partial charge on any atom is 0.151 e. The van der Waals surface area contributed by atoms with Crippen molar-refractivity contribution in [1.29, 1.82) is 5.26 Å². The molecule has 1 heterocycles. The van der Waals surface area contributed by atoms with Crippen molar-refractivity contribution in [2.24, 2.45) is 10.8 Å². The highest BCUT2D eigenvalue weighted by Gasteiger charge is 2.50. The first-order valence-corrected chi connectivity index (χ1v) is 6.16. The van der Waals surface area contributed by atoms with Crippen molar-refractivity contribution in [3.63, 3.8) is 0 Å². The Morgan fingerprint density at radius 2 is 1.92 bits per heavy atom. The minimum Gasteiger partial charge on any atom is -0.229 e. The molecule has 0 N–H and O–H groups in total. The zero-order valence-corrected chi connectivity index (χ0v) is 9.11. The van der Waals surface area contributed by atoms with Gasteiger partial charge in [0.1, 0.15) is 0 Å². The third kappa shape index (κ3) is 1.71. The Balaban J connectivity index is 3.10. The molecular weight excluding hydrogens is 186 g/mol. The van der Waals surface area contributed by atoms with Gasteiger partial charge in [0.2, 0.25) is 0 Å². The lowest BCUT2D eigenvalue weighted by Crippen LogP contribution is -2.35. The zero-order chi connectivity index (χ0) is 10.3. The van der Waals surface area contributed by atoms with Gasteiger partial charge < -0.3 is 0 Å². The van der Waals surface area contributed by atoms with Gasteiger partial charge in [0.25, 0.3) is 0 Å². The molecule has 0 bridgehead atoms. The van der Waals surface area contributed by atoms with Gasteiger partial charge in [0, 0.05) is 0 Å². The van der Waals surface area contributed by atoms with Gasteiger partial charge in [-0.1, -0.05) is 20.8 Å². The first-order valence-electron chi connectivity index (χ1n) is 4.34. The maximum absolute atomic E-state index is 11.3.